The number of benzene rings is 7. The summed E-state index contributed by atoms with van der Waals surface area (Å²) in [5.74, 6) is 0. The lowest BCUT2D eigenvalue weighted by atomic mass is 9.72. The number of para-hydroxylation sites is 1. The Hall–Kier alpha value is -5.51. The molecule has 7 aromatic rings. The van der Waals surface area contributed by atoms with Crippen molar-refractivity contribution < 1.29 is 0 Å². The topological polar surface area (TPSA) is 47.9 Å². The third-order valence-corrected chi connectivity index (χ3v) is 10.2. The van der Waals surface area contributed by atoms with E-state index >= 15 is 0 Å². The maximum Gasteiger partial charge on any atom is 0.0705 e. The molecule has 3 nitrogen and oxygen atoms in total. The number of anilines is 1. The molecule has 48 heavy (non-hydrogen) atoms. The highest BCUT2D eigenvalue weighted by Gasteiger charge is 2.32. The number of hydrazine groups is 1. The van der Waals surface area contributed by atoms with Gasteiger partial charge < -0.3 is 5.43 Å². The van der Waals surface area contributed by atoms with Crippen molar-refractivity contribution in [2.45, 2.75) is 38.1 Å². The molecule has 1 aliphatic rings. The fraction of sp³-hybridized carbons (Fsp3) is 0.133. The fourth-order valence-electron chi connectivity index (χ4n) is 7.79. The van der Waals surface area contributed by atoms with Gasteiger partial charge in [0, 0.05) is 16.5 Å². The first-order valence-corrected chi connectivity index (χ1v) is 16.9. The molecule has 0 aromatic heterocycles. The Bertz CT molecular complexity index is 2300. The second-order valence-electron chi connectivity index (χ2n) is 13.4. The molecule has 0 fully saturated rings. The third-order valence-electron chi connectivity index (χ3n) is 10.2. The molecule has 0 amide bonds. The molecule has 1 atom stereocenters. The highest BCUT2D eigenvalue weighted by molar-refractivity contribution is 6.14. The summed E-state index contributed by atoms with van der Waals surface area (Å²) in [6, 6.07) is 53.9. The molecular formula is C45H39N3. The van der Waals surface area contributed by atoms with Gasteiger partial charge in [-0.2, -0.15) is 0 Å². The molecule has 0 saturated carbocycles. The van der Waals surface area contributed by atoms with Gasteiger partial charge in [-0.15, -0.1) is 0 Å². The highest BCUT2D eigenvalue weighted by atomic mass is 15.4. The SMILES string of the molecule is CC(C)(c1cccc2c1CCC(NNc1ccccc1C(=N)c1ccccc1)c1ccccc1-2)c1cc2ccccc2c2ccccc12. The van der Waals surface area contributed by atoms with E-state index in [4.69, 9.17) is 5.41 Å². The van der Waals surface area contributed by atoms with Crippen LogP contribution in [0.1, 0.15) is 59.7 Å². The lowest BCUT2D eigenvalue weighted by Crippen LogP contribution is -2.28. The number of fused-ring (bicyclic) bond motifs is 6. The summed E-state index contributed by atoms with van der Waals surface area (Å²) >= 11 is 0. The molecule has 8 rings (SSSR count). The van der Waals surface area contributed by atoms with E-state index in [9.17, 15) is 0 Å². The molecule has 7 aromatic carbocycles. The van der Waals surface area contributed by atoms with Gasteiger partial charge in [0.1, 0.15) is 0 Å². The quantitative estimate of drug-likeness (QED) is 0.0942. The molecular weight excluding hydrogens is 583 g/mol. The van der Waals surface area contributed by atoms with Crippen molar-refractivity contribution in [3.05, 3.63) is 185 Å². The molecule has 0 saturated heterocycles. The predicted molar refractivity (Wildman–Crippen MR) is 202 cm³/mol. The van der Waals surface area contributed by atoms with Crippen LogP contribution < -0.4 is 10.9 Å². The standard InChI is InChI=1S/C45H39N3/c1-45(2,41-29-31-17-6-7-18-32(31)33-19-8-10-21-36(33)41)40-25-14-24-34-35-20-9-11-22-38(35)43(28-27-37(34)40)48-47-42-26-13-12-23-39(42)44(46)30-15-4-3-5-16-30/h3-26,29,43,46-48H,27-28H2,1-2H3. The smallest absolute Gasteiger partial charge is 0.0705 e. The van der Waals surface area contributed by atoms with Gasteiger partial charge in [0.15, 0.2) is 0 Å². The van der Waals surface area contributed by atoms with E-state index in [0.29, 0.717) is 5.71 Å². The average molecular weight is 622 g/mol. The van der Waals surface area contributed by atoms with Gasteiger partial charge in [-0.1, -0.05) is 153 Å². The molecule has 0 bridgehead atoms. The van der Waals surface area contributed by atoms with Crippen LogP contribution in [0.3, 0.4) is 0 Å². The third kappa shape index (κ3) is 5.17. The first-order chi connectivity index (χ1) is 23.5. The zero-order valence-corrected chi connectivity index (χ0v) is 27.4. The summed E-state index contributed by atoms with van der Waals surface area (Å²) in [4.78, 5) is 0. The zero-order valence-electron chi connectivity index (χ0n) is 27.4. The zero-order chi connectivity index (χ0) is 32.7. The largest absolute Gasteiger partial charge is 0.320 e. The van der Waals surface area contributed by atoms with E-state index in [-0.39, 0.29) is 11.5 Å². The minimum atomic E-state index is -0.230. The molecule has 0 heterocycles. The van der Waals surface area contributed by atoms with Crippen molar-refractivity contribution >= 4 is 32.9 Å². The molecule has 0 radical (unpaired) electrons. The van der Waals surface area contributed by atoms with E-state index in [2.05, 4.69) is 122 Å². The van der Waals surface area contributed by atoms with Crippen LogP contribution in [0.25, 0.3) is 32.7 Å². The summed E-state index contributed by atoms with van der Waals surface area (Å²) in [5, 5.41) is 14.2. The molecule has 1 aliphatic carbocycles. The predicted octanol–water partition coefficient (Wildman–Crippen LogP) is 11.0. The van der Waals surface area contributed by atoms with Crippen molar-refractivity contribution in [1.29, 1.82) is 5.41 Å². The Morgan fingerprint density at radius 2 is 1.29 bits per heavy atom. The maximum atomic E-state index is 8.95. The number of hydrogen-bond donors (Lipinski definition) is 3. The normalized spacial score (nSPS) is 14.2. The van der Waals surface area contributed by atoms with Crippen LogP contribution >= 0.6 is 0 Å². The van der Waals surface area contributed by atoms with Crippen molar-refractivity contribution in [2.75, 3.05) is 5.43 Å². The molecule has 1 unspecified atom stereocenters. The molecule has 234 valence electrons. The van der Waals surface area contributed by atoms with Crippen LogP contribution in [0.4, 0.5) is 5.69 Å². The lowest BCUT2D eigenvalue weighted by Gasteiger charge is -2.31. The van der Waals surface area contributed by atoms with Gasteiger partial charge in [-0.05, 0) is 79.9 Å². The summed E-state index contributed by atoms with van der Waals surface area (Å²) in [7, 11) is 0. The van der Waals surface area contributed by atoms with Gasteiger partial charge in [0.05, 0.1) is 17.4 Å². The van der Waals surface area contributed by atoms with Gasteiger partial charge in [0.25, 0.3) is 0 Å². The summed E-state index contributed by atoms with van der Waals surface area (Å²) in [6.07, 6.45) is 1.87. The highest BCUT2D eigenvalue weighted by Crippen LogP contribution is 2.45. The lowest BCUT2D eigenvalue weighted by molar-refractivity contribution is 0.545. The van der Waals surface area contributed by atoms with E-state index in [0.717, 1.165) is 29.7 Å². The number of hydrogen-bond acceptors (Lipinski definition) is 3. The van der Waals surface area contributed by atoms with Crippen LogP contribution in [-0.2, 0) is 11.8 Å². The van der Waals surface area contributed by atoms with E-state index in [1.165, 1.54) is 54.9 Å². The summed E-state index contributed by atoms with van der Waals surface area (Å²) in [5.41, 5.74) is 18.2. The van der Waals surface area contributed by atoms with Crippen molar-refractivity contribution in [3.63, 3.8) is 0 Å². The van der Waals surface area contributed by atoms with Crippen LogP contribution in [0.15, 0.2) is 152 Å². The number of nitrogens with one attached hydrogen (secondary N) is 3. The summed E-state index contributed by atoms with van der Waals surface area (Å²) < 4.78 is 0. The Balaban J connectivity index is 1.16. The number of rotatable bonds is 7. The Labute approximate surface area is 282 Å². The van der Waals surface area contributed by atoms with Crippen molar-refractivity contribution in [3.8, 4) is 11.1 Å². The fourth-order valence-corrected chi connectivity index (χ4v) is 7.79. The maximum absolute atomic E-state index is 8.95. The van der Waals surface area contributed by atoms with Crippen molar-refractivity contribution in [2.24, 2.45) is 0 Å². The van der Waals surface area contributed by atoms with Gasteiger partial charge in [0.2, 0.25) is 0 Å². The minimum Gasteiger partial charge on any atom is -0.320 e. The molecule has 3 N–H and O–H groups in total. The second kappa shape index (κ2) is 12.3. The van der Waals surface area contributed by atoms with Crippen molar-refractivity contribution in [1.82, 2.24) is 5.43 Å². The van der Waals surface area contributed by atoms with Gasteiger partial charge in [-0.25, -0.2) is 5.43 Å². The van der Waals surface area contributed by atoms with E-state index < -0.39 is 0 Å². The van der Waals surface area contributed by atoms with Crippen LogP contribution in [0, 0.1) is 5.41 Å². The minimum absolute atomic E-state index is 0.0741. The van der Waals surface area contributed by atoms with Gasteiger partial charge >= 0.3 is 0 Å². The molecule has 0 spiro atoms. The van der Waals surface area contributed by atoms with Crippen LogP contribution in [-0.4, -0.2) is 5.71 Å². The van der Waals surface area contributed by atoms with Gasteiger partial charge in [-0.3, -0.25) is 5.41 Å². The monoisotopic (exact) mass is 621 g/mol. The van der Waals surface area contributed by atoms with Crippen LogP contribution in [0.5, 0.6) is 0 Å². The Morgan fingerprint density at radius 1 is 0.625 bits per heavy atom. The second-order valence-corrected chi connectivity index (χ2v) is 13.4. The van der Waals surface area contributed by atoms with E-state index in [1.54, 1.807) is 0 Å². The van der Waals surface area contributed by atoms with Crippen LogP contribution in [0.2, 0.25) is 0 Å². The average Bonchev–Trinajstić information content (AvgIpc) is 3.30. The Kier molecular flexibility index (Phi) is 7.63. The first-order valence-electron chi connectivity index (χ1n) is 16.9. The summed E-state index contributed by atoms with van der Waals surface area (Å²) in [6.45, 7) is 4.79. The molecule has 3 heteroatoms. The van der Waals surface area contributed by atoms with E-state index in [1.807, 2.05) is 54.6 Å². The first kappa shape index (κ1) is 29.9. The Morgan fingerprint density at radius 3 is 2.15 bits per heavy atom. The molecule has 0 aliphatic heterocycles.